The van der Waals surface area contributed by atoms with E-state index in [9.17, 15) is 9.59 Å². The topological polar surface area (TPSA) is 81.4 Å². The summed E-state index contributed by atoms with van der Waals surface area (Å²) in [6, 6.07) is 7.06. The third-order valence-electron chi connectivity index (χ3n) is 3.21. The van der Waals surface area contributed by atoms with Crippen LogP contribution in [0.5, 0.6) is 0 Å². The summed E-state index contributed by atoms with van der Waals surface area (Å²) in [6.07, 6.45) is 1.51. The maximum Gasteiger partial charge on any atom is 0.249 e. The molecule has 0 aliphatic carbocycles. The van der Waals surface area contributed by atoms with E-state index in [0.29, 0.717) is 19.4 Å². The van der Waals surface area contributed by atoms with E-state index in [4.69, 9.17) is 10.5 Å². The van der Waals surface area contributed by atoms with Crippen LogP contribution in [0.2, 0.25) is 0 Å². The number of halogens is 1. The van der Waals surface area contributed by atoms with Gasteiger partial charge in [-0.05, 0) is 53.1 Å². The lowest BCUT2D eigenvalue weighted by Gasteiger charge is -2.18. The quantitative estimate of drug-likeness (QED) is 0.739. The highest BCUT2D eigenvalue weighted by atomic mass is 127. The van der Waals surface area contributed by atoms with Crippen molar-refractivity contribution in [3.8, 4) is 0 Å². The molecule has 0 bridgehead atoms. The summed E-state index contributed by atoms with van der Waals surface area (Å²) in [7, 11) is 0. The second-order valence-corrected chi connectivity index (χ2v) is 6.04. The number of benzene rings is 1. The van der Waals surface area contributed by atoms with Crippen molar-refractivity contribution in [2.75, 3.05) is 6.61 Å². The van der Waals surface area contributed by atoms with Gasteiger partial charge in [-0.2, -0.15) is 0 Å². The predicted molar refractivity (Wildman–Crippen MR) is 83.0 cm³/mol. The van der Waals surface area contributed by atoms with Gasteiger partial charge >= 0.3 is 0 Å². The molecule has 0 saturated carbocycles. The number of primary amides is 1. The first-order valence-electron chi connectivity index (χ1n) is 6.52. The highest BCUT2D eigenvalue weighted by Gasteiger charge is 2.27. The molecule has 1 heterocycles. The van der Waals surface area contributed by atoms with Gasteiger partial charge in [0, 0.05) is 16.6 Å². The van der Waals surface area contributed by atoms with Crippen LogP contribution >= 0.6 is 22.6 Å². The summed E-state index contributed by atoms with van der Waals surface area (Å²) < 4.78 is 6.38. The predicted octanol–water partition coefficient (Wildman–Crippen LogP) is 0.983. The fourth-order valence-corrected chi connectivity index (χ4v) is 2.78. The fraction of sp³-hybridized carbons (Fsp3) is 0.429. The lowest BCUT2D eigenvalue weighted by Crippen LogP contribution is -2.49. The minimum Gasteiger partial charge on any atom is -0.368 e. The molecule has 1 aromatic carbocycles. The Balaban J connectivity index is 2.00. The van der Waals surface area contributed by atoms with Crippen molar-refractivity contribution in [1.29, 1.82) is 0 Å². The number of amides is 2. The molecule has 2 atom stereocenters. The van der Waals surface area contributed by atoms with Crippen LogP contribution in [-0.4, -0.2) is 30.6 Å². The van der Waals surface area contributed by atoms with E-state index >= 15 is 0 Å². The SMILES string of the molecule is NC(=O)[C@H](Cc1cccc(I)c1)NC(=O)[C@H]1CCCO1. The van der Waals surface area contributed by atoms with Crippen LogP contribution in [0.4, 0.5) is 0 Å². The molecule has 108 valence electrons. The Morgan fingerprint density at radius 2 is 2.30 bits per heavy atom. The van der Waals surface area contributed by atoms with Crippen molar-refractivity contribution < 1.29 is 14.3 Å². The molecular weight excluding hydrogens is 371 g/mol. The van der Waals surface area contributed by atoms with E-state index in [0.717, 1.165) is 15.6 Å². The van der Waals surface area contributed by atoms with Gasteiger partial charge in [0.05, 0.1) is 0 Å². The van der Waals surface area contributed by atoms with Crippen molar-refractivity contribution in [1.82, 2.24) is 5.32 Å². The van der Waals surface area contributed by atoms with Crippen LogP contribution in [0.25, 0.3) is 0 Å². The molecule has 20 heavy (non-hydrogen) atoms. The fourth-order valence-electron chi connectivity index (χ4n) is 2.17. The lowest BCUT2D eigenvalue weighted by atomic mass is 10.1. The van der Waals surface area contributed by atoms with Crippen molar-refractivity contribution in [3.63, 3.8) is 0 Å². The molecule has 0 spiro atoms. The summed E-state index contributed by atoms with van der Waals surface area (Å²) in [5, 5.41) is 2.69. The van der Waals surface area contributed by atoms with Crippen molar-refractivity contribution in [3.05, 3.63) is 33.4 Å². The normalized spacial score (nSPS) is 19.6. The first-order valence-corrected chi connectivity index (χ1v) is 7.60. The maximum absolute atomic E-state index is 12.0. The smallest absolute Gasteiger partial charge is 0.249 e. The van der Waals surface area contributed by atoms with Gasteiger partial charge in [-0.1, -0.05) is 12.1 Å². The number of carbonyl (C=O) groups is 2. The number of carbonyl (C=O) groups excluding carboxylic acids is 2. The average molecular weight is 388 g/mol. The van der Waals surface area contributed by atoms with Gasteiger partial charge < -0.3 is 15.8 Å². The van der Waals surface area contributed by atoms with E-state index in [-0.39, 0.29) is 5.91 Å². The van der Waals surface area contributed by atoms with Gasteiger partial charge in [-0.15, -0.1) is 0 Å². The first-order chi connectivity index (χ1) is 9.56. The van der Waals surface area contributed by atoms with Crippen LogP contribution in [-0.2, 0) is 20.7 Å². The molecule has 1 aromatic rings. The molecule has 1 aliphatic heterocycles. The molecule has 1 fully saturated rings. The second kappa shape index (κ2) is 7.03. The number of rotatable bonds is 5. The highest BCUT2D eigenvalue weighted by molar-refractivity contribution is 14.1. The Hall–Kier alpha value is -1.15. The zero-order valence-electron chi connectivity index (χ0n) is 11.0. The zero-order chi connectivity index (χ0) is 14.5. The summed E-state index contributed by atoms with van der Waals surface area (Å²) >= 11 is 2.20. The molecule has 2 amide bonds. The Morgan fingerprint density at radius 1 is 1.50 bits per heavy atom. The standard InChI is InChI=1S/C14H17IN2O3/c15-10-4-1-3-9(7-10)8-11(13(16)18)17-14(19)12-5-2-6-20-12/h1,3-4,7,11-12H,2,5-6,8H2,(H2,16,18)(H,17,19)/t11-,12+/m0/s1. The number of hydrogen-bond acceptors (Lipinski definition) is 3. The van der Waals surface area contributed by atoms with Crippen LogP contribution in [0, 0.1) is 3.57 Å². The number of nitrogens with two attached hydrogens (primary N) is 1. The number of nitrogens with one attached hydrogen (secondary N) is 1. The molecule has 0 radical (unpaired) electrons. The third-order valence-corrected chi connectivity index (χ3v) is 3.88. The highest BCUT2D eigenvalue weighted by Crippen LogP contribution is 2.13. The molecule has 2 rings (SSSR count). The largest absolute Gasteiger partial charge is 0.368 e. The van der Waals surface area contributed by atoms with Crippen LogP contribution < -0.4 is 11.1 Å². The van der Waals surface area contributed by atoms with Gasteiger partial charge in [-0.3, -0.25) is 9.59 Å². The average Bonchev–Trinajstić information content (AvgIpc) is 2.91. The van der Waals surface area contributed by atoms with Gasteiger partial charge in [0.1, 0.15) is 12.1 Å². The third kappa shape index (κ3) is 4.17. The Morgan fingerprint density at radius 3 is 2.90 bits per heavy atom. The Kier molecular flexibility index (Phi) is 5.36. The van der Waals surface area contributed by atoms with E-state index in [2.05, 4.69) is 27.9 Å². The Bertz CT molecular complexity index is 501. The van der Waals surface area contributed by atoms with E-state index < -0.39 is 18.1 Å². The second-order valence-electron chi connectivity index (χ2n) is 4.80. The van der Waals surface area contributed by atoms with Gasteiger partial charge in [0.25, 0.3) is 0 Å². The molecule has 1 aliphatic rings. The van der Waals surface area contributed by atoms with Crippen molar-refractivity contribution >= 4 is 34.4 Å². The van der Waals surface area contributed by atoms with Gasteiger partial charge in [-0.25, -0.2) is 0 Å². The summed E-state index contributed by atoms with van der Waals surface area (Å²) in [4.78, 5) is 23.5. The van der Waals surface area contributed by atoms with Gasteiger partial charge in [0.2, 0.25) is 11.8 Å². The molecule has 5 nitrogen and oxygen atoms in total. The molecule has 0 aromatic heterocycles. The van der Waals surface area contributed by atoms with Crippen LogP contribution in [0.1, 0.15) is 18.4 Å². The van der Waals surface area contributed by atoms with Crippen LogP contribution in [0.15, 0.2) is 24.3 Å². The van der Waals surface area contributed by atoms with Crippen LogP contribution in [0.3, 0.4) is 0 Å². The van der Waals surface area contributed by atoms with Gasteiger partial charge in [0.15, 0.2) is 0 Å². The van der Waals surface area contributed by atoms with E-state index in [1.54, 1.807) is 0 Å². The van der Waals surface area contributed by atoms with Crippen molar-refractivity contribution in [2.24, 2.45) is 5.73 Å². The molecule has 3 N–H and O–H groups in total. The zero-order valence-corrected chi connectivity index (χ0v) is 13.1. The Labute approximate surface area is 131 Å². The van der Waals surface area contributed by atoms with E-state index in [1.165, 1.54) is 0 Å². The minimum atomic E-state index is -0.704. The van der Waals surface area contributed by atoms with Crippen molar-refractivity contribution in [2.45, 2.75) is 31.4 Å². The maximum atomic E-state index is 12.0. The first kappa shape index (κ1) is 15.2. The molecular formula is C14H17IN2O3. The number of ether oxygens (including phenoxy) is 1. The molecule has 1 saturated heterocycles. The lowest BCUT2D eigenvalue weighted by molar-refractivity contribution is -0.133. The molecule has 0 unspecified atom stereocenters. The summed E-state index contributed by atoms with van der Waals surface area (Å²) in [5.74, 6) is -0.785. The van der Waals surface area contributed by atoms with E-state index in [1.807, 2.05) is 24.3 Å². The minimum absolute atomic E-state index is 0.253. The summed E-state index contributed by atoms with van der Waals surface area (Å²) in [6.45, 7) is 0.593. The summed E-state index contributed by atoms with van der Waals surface area (Å²) in [5.41, 5.74) is 6.34. The monoisotopic (exact) mass is 388 g/mol. The molecule has 6 heteroatoms. The number of hydrogen-bond donors (Lipinski definition) is 2.